The Labute approximate surface area is 170 Å². The van der Waals surface area contributed by atoms with E-state index in [4.69, 9.17) is 20.8 Å². The Balaban J connectivity index is 1.59. The Morgan fingerprint density at radius 1 is 1.14 bits per heavy atom. The van der Waals surface area contributed by atoms with Gasteiger partial charge in [0, 0.05) is 24.2 Å². The lowest BCUT2D eigenvalue weighted by molar-refractivity contribution is -0.384. The molecule has 2 aromatic carbocycles. The smallest absolute Gasteiger partial charge is 0.311 e. The minimum Gasteiger partial charge on any atom is -0.469 e. The molecule has 29 heavy (non-hydrogen) atoms. The number of hydrogen-bond acceptors (Lipinski definition) is 6. The maximum absolute atomic E-state index is 12.4. The highest BCUT2D eigenvalue weighted by Gasteiger charge is 2.16. The number of ether oxygens (including phenoxy) is 1. The number of furan rings is 1. The van der Waals surface area contributed by atoms with Gasteiger partial charge in [-0.1, -0.05) is 11.6 Å². The number of nitro groups is 1. The third-order valence-electron chi connectivity index (χ3n) is 3.90. The minimum absolute atomic E-state index is 0.0192. The van der Waals surface area contributed by atoms with Gasteiger partial charge in [-0.2, -0.15) is 0 Å². The normalized spacial score (nSPS) is 10.4. The number of amides is 1. The number of non-ortho nitro benzene ring substituents is 1. The summed E-state index contributed by atoms with van der Waals surface area (Å²) in [5.41, 5.74) is 0.151. The van der Waals surface area contributed by atoms with Crippen LogP contribution in [0.1, 0.15) is 22.5 Å². The average Bonchev–Trinajstić information content (AvgIpc) is 3.21. The molecule has 0 saturated carbocycles. The van der Waals surface area contributed by atoms with Crippen molar-refractivity contribution in [2.24, 2.45) is 0 Å². The van der Waals surface area contributed by atoms with Crippen molar-refractivity contribution in [2.45, 2.75) is 12.8 Å². The number of rotatable bonds is 7. The molecule has 0 saturated heterocycles. The minimum atomic E-state index is -0.609. The number of nitro benzene ring substituents is 1. The van der Waals surface area contributed by atoms with Crippen molar-refractivity contribution >= 4 is 34.9 Å². The highest BCUT2D eigenvalue weighted by Crippen LogP contribution is 2.24. The zero-order chi connectivity index (χ0) is 20.8. The molecule has 0 aliphatic carbocycles. The van der Waals surface area contributed by atoms with Gasteiger partial charge in [0.05, 0.1) is 28.2 Å². The lowest BCUT2D eigenvalue weighted by atomic mass is 10.2. The Morgan fingerprint density at radius 2 is 1.90 bits per heavy atom. The van der Waals surface area contributed by atoms with Crippen LogP contribution in [-0.4, -0.2) is 16.8 Å². The van der Waals surface area contributed by atoms with Crippen molar-refractivity contribution < 1.29 is 23.7 Å². The van der Waals surface area contributed by atoms with Crippen LogP contribution in [0.4, 0.5) is 11.4 Å². The molecule has 3 rings (SSSR count). The number of hydrogen-bond donors (Lipinski definition) is 1. The topological polar surface area (TPSA) is 112 Å². The van der Waals surface area contributed by atoms with Gasteiger partial charge in [0.1, 0.15) is 11.5 Å². The Morgan fingerprint density at radius 3 is 2.55 bits per heavy atom. The molecule has 0 aliphatic rings. The molecular formula is C20H15ClN2O6. The second-order valence-corrected chi connectivity index (χ2v) is 6.36. The van der Waals surface area contributed by atoms with Crippen molar-refractivity contribution in [2.75, 3.05) is 5.32 Å². The van der Waals surface area contributed by atoms with Gasteiger partial charge < -0.3 is 14.5 Å². The fraction of sp³-hybridized carbons (Fsp3) is 0.100. The van der Waals surface area contributed by atoms with Crippen molar-refractivity contribution in [3.63, 3.8) is 0 Å². The molecular weight excluding hydrogens is 400 g/mol. The summed E-state index contributed by atoms with van der Waals surface area (Å²) in [4.78, 5) is 34.5. The highest BCUT2D eigenvalue weighted by atomic mass is 35.5. The van der Waals surface area contributed by atoms with Gasteiger partial charge in [0.2, 0.25) is 0 Å². The van der Waals surface area contributed by atoms with Gasteiger partial charge >= 0.3 is 5.97 Å². The molecule has 1 N–H and O–H groups in total. The number of halogens is 1. The second-order valence-electron chi connectivity index (χ2n) is 5.95. The monoisotopic (exact) mass is 414 g/mol. The van der Waals surface area contributed by atoms with E-state index in [1.807, 2.05) is 0 Å². The van der Waals surface area contributed by atoms with E-state index in [9.17, 15) is 19.7 Å². The standard InChI is InChI=1S/C20H15ClN2O6/c21-18-9-5-14(23(26)27)12-17(18)20(25)22-13-3-6-16(7-4-13)29-19(24)10-8-15-2-1-11-28-15/h1-7,9,11-12H,8,10H2,(H,22,25). The van der Waals surface area contributed by atoms with E-state index in [1.54, 1.807) is 12.1 Å². The first-order chi connectivity index (χ1) is 13.9. The molecule has 9 heteroatoms. The van der Waals surface area contributed by atoms with E-state index in [0.717, 1.165) is 6.07 Å². The molecule has 148 valence electrons. The van der Waals surface area contributed by atoms with E-state index in [-0.39, 0.29) is 22.7 Å². The summed E-state index contributed by atoms with van der Waals surface area (Å²) in [6.45, 7) is 0. The molecule has 0 aliphatic heterocycles. The van der Waals surface area contributed by atoms with E-state index >= 15 is 0 Å². The van der Waals surface area contributed by atoms with Crippen LogP contribution in [-0.2, 0) is 11.2 Å². The molecule has 3 aromatic rings. The van der Waals surface area contributed by atoms with E-state index in [2.05, 4.69) is 5.32 Å². The fourth-order valence-corrected chi connectivity index (χ4v) is 2.67. The van der Waals surface area contributed by atoms with Crippen LogP contribution in [0.3, 0.4) is 0 Å². The van der Waals surface area contributed by atoms with Gasteiger partial charge in [-0.05, 0) is 42.5 Å². The predicted octanol–water partition coefficient (Wildman–Crippen LogP) is 4.63. The lowest BCUT2D eigenvalue weighted by Gasteiger charge is -2.08. The average molecular weight is 415 g/mol. The summed E-state index contributed by atoms with van der Waals surface area (Å²) >= 11 is 5.96. The third kappa shape index (κ3) is 5.43. The van der Waals surface area contributed by atoms with E-state index in [1.165, 1.54) is 42.7 Å². The Bertz CT molecular complexity index is 1030. The summed E-state index contributed by atoms with van der Waals surface area (Å²) in [5, 5.41) is 13.6. The largest absolute Gasteiger partial charge is 0.469 e. The van der Waals surface area contributed by atoms with Gasteiger partial charge in [-0.3, -0.25) is 19.7 Å². The molecule has 1 heterocycles. The zero-order valence-corrected chi connectivity index (χ0v) is 15.7. The van der Waals surface area contributed by atoms with Crippen LogP contribution >= 0.6 is 11.6 Å². The highest BCUT2D eigenvalue weighted by molar-refractivity contribution is 6.34. The van der Waals surface area contributed by atoms with Crippen LogP contribution in [0.25, 0.3) is 0 Å². The number of carbonyl (C=O) groups excluding carboxylic acids is 2. The molecule has 1 amide bonds. The number of carbonyl (C=O) groups is 2. The molecule has 0 radical (unpaired) electrons. The maximum atomic E-state index is 12.4. The third-order valence-corrected chi connectivity index (χ3v) is 4.23. The van der Waals surface area contributed by atoms with Crippen LogP contribution in [0.15, 0.2) is 65.3 Å². The molecule has 0 fully saturated rings. The predicted molar refractivity (Wildman–Crippen MR) is 105 cm³/mol. The van der Waals surface area contributed by atoms with Crippen molar-refractivity contribution in [3.8, 4) is 5.75 Å². The molecule has 0 bridgehead atoms. The first-order valence-electron chi connectivity index (χ1n) is 8.51. The summed E-state index contributed by atoms with van der Waals surface area (Å²) in [6.07, 6.45) is 2.13. The van der Waals surface area contributed by atoms with Gasteiger partial charge in [0.15, 0.2) is 0 Å². The summed E-state index contributed by atoms with van der Waals surface area (Å²) in [6, 6.07) is 13.3. The Kier molecular flexibility index (Phi) is 6.25. The van der Waals surface area contributed by atoms with Crippen LogP contribution in [0.2, 0.25) is 5.02 Å². The van der Waals surface area contributed by atoms with Gasteiger partial charge in [0.25, 0.3) is 11.6 Å². The summed E-state index contributed by atoms with van der Waals surface area (Å²) in [7, 11) is 0. The van der Waals surface area contributed by atoms with Crippen molar-refractivity contribution in [1.29, 1.82) is 0 Å². The number of benzene rings is 2. The number of anilines is 1. The van der Waals surface area contributed by atoms with E-state index < -0.39 is 16.8 Å². The number of esters is 1. The summed E-state index contributed by atoms with van der Waals surface area (Å²) < 4.78 is 10.4. The van der Waals surface area contributed by atoms with Crippen LogP contribution in [0.5, 0.6) is 5.75 Å². The molecule has 8 nitrogen and oxygen atoms in total. The zero-order valence-electron chi connectivity index (χ0n) is 15.0. The van der Waals surface area contributed by atoms with Crippen LogP contribution in [0, 0.1) is 10.1 Å². The van der Waals surface area contributed by atoms with Gasteiger partial charge in [-0.15, -0.1) is 0 Å². The first-order valence-corrected chi connectivity index (χ1v) is 8.88. The number of nitrogens with zero attached hydrogens (tertiary/aromatic N) is 1. The molecule has 0 spiro atoms. The van der Waals surface area contributed by atoms with Crippen molar-refractivity contribution in [1.82, 2.24) is 0 Å². The van der Waals surface area contributed by atoms with Crippen molar-refractivity contribution in [3.05, 3.63) is 87.3 Å². The molecule has 1 aromatic heterocycles. The number of aryl methyl sites for hydroxylation is 1. The fourth-order valence-electron chi connectivity index (χ4n) is 2.47. The van der Waals surface area contributed by atoms with Gasteiger partial charge in [-0.25, -0.2) is 0 Å². The van der Waals surface area contributed by atoms with E-state index in [0.29, 0.717) is 23.6 Å². The SMILES string of the molecule is O=C(CCc1ccco1)Oc1ccc(NC(=O)c2cc([N+](=O)[O-])ccc2Cl)cc1. The molecule has 0 atom stereocenters. The number of nitrogens with one attached hydrogen (secondary N) is 1. The molecule has 0 unspecified atom stereocenters. The summed E-state index contributed by atoms with van der Waals surface area (Å²) in [5.74, 6) is 0.00380. The lowest BCUT2D eigenvalue weighted by Crippen LogP contribution is -2.13. The Hall–Kier alpha value is -3.65. The van der Waals surface area contributed by atoms with Crippen LogP contribution < -0.4 is 10.1 Å². The first kappa shape index (κ1) is 20.1. The quantitative estimate of drug-likeness (QED) is 0.261. The second kappa shape index (κ2) is 9.03. The maximum Gasteiger partial charge on any atom is 0.311 e.